The number of aliphatic hydroxyl groups is 2. The second kappa shape index (κ2) is 18.8. The van der Waals surface area contributed by atoms with Crippen LogP contribution in [0.4, 0.5) is 0 Å². The van der Waals surface area contributed by atoms with Crippen LogP contribution >= 0.6 is 11.6 Å². The van der Waals surface area contributed by atoms with Crippen molar-refractivity contribution in [3.63, 3.8) is 0 Å². The van der Waals surface area contributed by atoms with Gasteiger partial charge in [0.05, 0.1) is 59.2 Å². The number of amides is 1. The number of ketones is 1. The van der Waals surface area contributed by atoms with E-state index in [1.54, 1.807) is 20.8 Å². The minimum absolute atomic E-state index is 0.0233. The molecule has 4 N–H and O–H groups in total. The molecule has 1 unspecified atom stereocenters. The van der Waals surface area contributed by atoms with Gasteiger partial charge in [0.25, 0.3) is 0 Å². The number of aliphatic carboxylic acids is 1. The Kier molecular flexibility index (Phi) is 15.5. The molecule has 0 aromatic carbocycles. The van der Waals surface area contributed by atoms with Gasteiger partial charge in [-0.3, -0.25) is 14.4 Å². The first-order chi connectivity index (χ1) is 28.0. The van der Waals surface area contributed by atoms with Gasteiger partial charge in [-0.1, -0.05) is 61.5 Å². The highest BCUT2D eigenvalue weighted by atomic mass is 35.5. The summed E-state index contributed by atoms with van der Waals surface area (Å²) in [5.41, 5.74) is -2.58. The maximum Gasteiger partial charge on any atom is 0.309 e. The summed E-state index contributed by atoms with van der Waals surface area (Å²) in [6.45, 7) is 23.2. The fourth-order valence-corrected chi connectivity index (χ4v) is 11.2. The van der Waals surface area contributed by atoms with E-state index in [2.05, 4.69) is 26.1 Å². The van der Waals surface area contributed by atoms with Gasteiger partial charge in [-0.2, -0.15) is 0 Å². The van der Waals surface area contributed by atoms with Gasteiger partial charge in [0, 0.05) is 36.0 Å². The van der Waals surface area contributed by atoms with Crippen LogP contribution in [-0.4, -0.2) is 104 Å². The lowest BCUT2D eigenvalue weighted by Gasteiger charge is -2.55. The van der Waals surface area contributed by atoms with Gasteiger partial charge >= 0.3 is 5.97 Å². The van der Waals surface area contributed by atoms with Gasteiger partial charge in [0.1, 0.15) is 11.8 Å². The van der Waals surface area contributed by atoms with Crippen LogP contribution < -0.4 is 5.32 Å². The van der Waals surface area contributed by atoms with Crippen molar-refractivity contribution in [3.05, 3.63) is 12.2 Å². The number of hydrogen-bond acceptors (Lipinski definition) is 10. The van der Waals surface area contributed by atoms with Crippen LogP contribution in [0.5, 0.6) is 0 Å². The van der Waals surface area contributed by atoms with E-state index in [0.717, 1.165) is 6.42 Å². The molecule has 12 nitrogen and oxygen atoms in total. The molecule has 18 atom stereocenters. The Morgan fingerprint density at radius 1 is 0.917 bits per heavy atom. The van der Waals surface area contributed by atoms with Crippen molar-refractivity contribution < 1.29 is 53.4 Å². The standard InChI is InChI=1S/C47H78ClNO11/c1-13-32(41(52)53)34-17-16-26(4)39(57-34)30(8)37(50)29(7)38(51)33(14-2)40-27(5)24-28(6)46(58-40)21-18-35(49-42(54)43(10,11)25-48)47(60-46)23-22-44(12,59-47)36-19-20-45(55,15-3)31(9)56-36/h18,21,26-37,39-40,50,55H,13-17,19-20,22-25H2,1-12H3,(H,49,54)(H,52,53)/t26-,27-,28+,29-,30-,31-,32+,33-,34+,35?,36+,37+,39+,40-,44-,45+,46-,47-/m0/s1. The first-order valence-electron chi connectivity index (χ1n) is 23.1. The summed E-state index contributed by atoms with van der Waals surface area (Å²) >= 11 is 6.26. The average molecular weight is 869 g/mol. The number of carboxylic acids is 1. The van der Waals surface area contributed by atoms with Gasteiger partial charge in [-0.15, -0.1) is 11.6 Å². The number of carbonyl (C=O) groups excluding carboxylic acids is 2. The van der Waals surface area contributed by atoms with Crippen LogP contribution in [0.2, 0.25) is 0 Å². The molecule has 0 aromatic heterocycles. The van der Waals surface area contributed by atoms with Crippen molar-refractivity contribution in [2.75, 3.05) is 5.88 Å². The van der Waals surface area contributed by atoms with E-state index in [9.17, 15) is 29.7 Å². The maximum atomic E-state index is 14.7. The summed E-state index contributed by atoms with van der Waals surface area (Å²) in [7, 11) is 0. The van der Waals surface area contributed by atoms with Crippen LogP contribution in [0.15, 0.2) is 12.2 Å². The Morgan fingerprint density at radius 3 is 2.17 bits per heavy atom. The predicted molar refractivity (Wildman–Crippen MR) is 229 cm³/mol. The van der Waals surface area contributed by atoms with Crippen molar-refractivity contribution in [1.82, 2.24) is 5.32 Å². The first-order valence-corrected chi connectivity index (χ1v) is 23.6. The van der Waals surface area contributed by atoms with Crippen LogP contribution in [0.3, 0.4) is 0 Å². The maximum absolute atomic E-state index is 14.7. The second-order valence-electron chi connectivity index (χ2n) is 20.4. The largest absolute Gasteiger partial charge is 0.481 e. The van der Waals surface area contributed by atoms with E-state index in [0.29, 0.717) is 57.8 Å². The van der Waals surface area contributed by atoms with Crippen molar-refractivity contribution in [2.45, 2.75) is 213 Å². The number of carboxylic acid groups (broad SMARTS) is 1. The molecule has 0 bridgehead atoms. The summed E-state index contributed by atoms with van der Waals surface area (Å²) in [4.78, 5) is 40.4. The minimum atomic E-state index is -1.34. The topological polar surface area (TPSA) is 170 Å². The molecule has 0 saturated carbocycles. The van der Waals surface area contributed by atoms with Crippen LogP contribution in [0, 0.1) is 46.8 Å². The summed E-state index contributed by atoms with van der Waals surface area (Å²) in [6.07, 6.45) is 6.48. The van der Waals surface area contributed by atoms with Crippen LogP contribution in [0.1, 0.15) is 147 Å². The molecule has 5 heterocycles. The zero-order chi connectivity index (χ0) is 44.7. The van der Waals surface area contributed by atoms with E-state index in [1.807, 2.05) is 53.7 Å². The monoisotopic (exact) mass is 868 g/mol. The average Bonchev–Trinajstić information content (AvgIpc) is 3.55. The molecular formula is C47H78ClNO11. The SMILES string of the molecule is CC[C@@H](C(=O)[C@@H](C)[C@@H](O)[C@H](C)[C@@H]1O[C@@H]([C@@H](CC)C(=O)O)CC[C@@H]1C)[C@H]1O[C@]2(C=CC(NC(=O)C(C)(C)CCl)[C@]3(CC[C@@](C)([C@H]4CC[C@](O)(CC)[C@H](C)O4)O3)O2)[C@H](C)C[C@@H]1C. The number of Topliss-reactive ketones (excluding diaryl/α,β-unsaturated/α-hetero) is 1. The smallest absolute Gasteiger partial charge is 0.309 e. The van der Waals surface area contributed by atoms with E-state index in [4.69, 9.17) is 35.3 Å². The van der Waals surface area contributed by atoms with Gasteiger partial charge in [-0.05, 0) is 103 Å². The van der Waals surface area contributed by atoms with Gasteiger partial charge < -0.3 is 44.3 Å². The lowest BCUT2D eigenvalue weighted by molar-refractivity contribution is -0.398. The lowest BCUT2D eigenvalue weighted by atomic mass is 9.72. The fourth-order valence-electron chi connectivity index (χ4n) is 11.1. The second-order valence-corrected chi connectivity index (χ2v) is 20.7. The molecule has 13 heteroatoms. The molecule has 0 aromatic rings. The summed E-state index contributed by atoms with van der Waals surface area (Å²) in [5.74, 6) is -6.16. The highest BCUT2D eigenvalue weighted by Gasteiger charge is 2.64. The van der Waals surface area contributed by atoms with Crippen molar-refractivity contribution in [3.8, 4) is 0 Å². The molecule has 4 fully saturated rings. The molecule has 0 aliphatic carbocycles. The fraction of sp³-hybridized carbons (Fsp3) is 0.894. The zero-order valence-electron chi connectivity index (χ0n) is 38.5. The summed E-state index contributed by atoms with van der Waals surface area (Å²) in [6, 6.07) is -0.686. The Bertz CT molecular complexity index is 1560. The third-order valence-corrected chi connectivity index (χ3v) is 16.4. The molecule has 1 amide bonds. The molecule has 5 rings (SSSR count). The number of rotatable bonds is 15. The Balaban J connectivity index is 1.40. The van der Waals surface area contributed by atoms with Crippen molar-refractivity contribution in [2.24, 2.45) is 46.8 Å². The van der Waals surface area contributed by atoms with E-state index in [-0.39, 0.29) is 41.4 Å². The van der Waals surface area contributed by atoms with Gasteiger partial charge in [0.2, 0.25) is 5.91 Å². The Hall–Kier alpha value is -1.64. The molecule has 344 valence electrons. The van der Waals surface area contributed by atoms with E-state index in [1.165, 1.54) is 0 Å². The molecule has 5 aliphatic heterocycles. The summed E-state index contributed by atoms with van der Waals surface area (Å²) in [5, 5.41) is 36.1. The highest BCUT2D eigenvalue weighted by molar-refractivity contribution is 6.19. The molecule has 5 aliphatic rings. The molecular weight excluding hydrogens is 790 g/mol. The van der Waals surface area contributed by atoms with E-state index >= 15 is 0 Å². The normalized spacial score (nSPS) is 42.4. The third-order valence-electron chi connectivity index (χ3n) is 15.7. The predicted octanol–water partition coefficient (Wildman–Crippen LogP) is 7.58. The van der Waals surface area contributed by atoms with Gasteiger partial charge in [0.15, 0.2) is 11.6 Å². The minimum Gasteiger partial charge on any atom is -0.481 e. The molecule has 0 radical (unpaired) electrons. The van der Waals surface area contributed by atoms with Crippen molar-refractivity contribution >= 4 is 29.3 Å². The van der Waals surface area contributed by atoms with Crippen LogP contribution in [0.25, 0.3) is 0 Å². The zero-order valence-corrected chi connectivity index (χ0v) is 39.3. The highest BCUT2D eigenvalue weighted by Crippen LogP contribution is 2.54. The number of halogens is 1. The molecule has 60 heavy (non-hydrogen) atoms. The van der Waals surface area contributed by atoms with E-state index < -0.39 is 94.4 Å². The number of nitrogens with one attached hydrogen (secondary N) is 1. The lowest BCUT2D eigenvalue weighted by Crippen LogP contribution is -2.66. The number of ether oxygens (including phenoxy) is 5. The quantitative estimate of drug-likeness (QED) is 0.0946. The number of alkyl halides is 1. The Morgan fingerprint density at radius 2 is 1.58 bits per heavy atom. The number of hydrogen-bond donors (Lipinski definition) is 4. The van der Waals surface area contributed by atoms with Crippen LogP contribution in [-0.2, 0) is 38.1 Å². The third kappa shape index (κ3) is 9.43. The Labute approximate surface area is 364 Å². The number of aliphatic hydroxyl groups excluding tert-OH is 1. The number of carbonyl (C=O) groups is 3. The summed E-state index contributed by atoms with van der Waals surface area (Å²) < 4.78 is 34.5. The van der Waals surface area contributed by atoms with Gasteiger partial charge in [-0.25, -0.2) is 0 Å². The first kappa shape index (κ1) is 49.4. The molecule has 2 spiro atoms. The molecule has 4 saturated heterocycles. The van der Waals surface area contributed by atoms with Crippen molar-refractivity contribution in [1.29, 1.82) is 0 Å².